The Morgan fingerprint density at radius 2 is 2.00 bits per heavy atom. The number of ether oxygens (including phenoxy) is 1. The standard InChI is InChI=1S/C11H17NO4/c1-4-16-11(15)9(10(13)14)8(6-12)5-7(2)3/h7-9H,4-5H2,1-3H3,(H,13,14)/t8-,9?/m1/s1. The SMILES string of the molecule is CCOC(=O)C(C(=O)O)[C@@H](C#N)CC(C)C. The molecular weight excluding hydrogens is 210 g/mol. The molecule has 16 heavy (non-hydrogen) atoms. The Bertz CT molecular complexity index is 293. The molecule has 0 aliphatic heterocycles. The molecule has 2 atom stereocenters. The van der Waals surface area contributed by atoms with Gasteiger partial charge < -0.3 is 9.84 Å². The highest BCUT2D eigenvalue weighted by molar-refractivity contribution is 5.94. The molecule has 1 N–H and O–H groups in total. The molecule has 0 aromatic carbocycles. The Kier molecular flexibility index (Phi) is 6.16. The van der Waals surface area contributed by atoms with Gasteiger partial charge in [0.25, 0.3) is 0 Å². The van der Waals surface area contributed by atoms with Gasteiger partial charge in [-0.1, -0.05) is 13.8 Å². The molecule has 1 unspecified atom stereocenters. The second-order valence-corrected chi connectivity index (χ2v) is 3.93. The second kappa shape index (κ2) is 6.83. The first-order valence-corrected chi connectivity index (χ1v) is 5.23. The predicted molar refractivity (Wildman–Crippen MR) is 56.3 cm³/mol. The van der Waals surface area contributed by atoms with E-state index < -0.39 is 23.8 Å². The van der Waals surface area contributed by atoms with Gasteiger partial charge in [0.15, 0.2) is 5.92 Å². The number of carboxylic acids is 1. The molecular formula is C11H17NO4. The van der Waals surface area contributed by atoms with Gasteiger partial charge in [0.05, 0.1) is 18.6 Å². The number of nitriles is 1. The topological polar surface area (TPSA) is 87.4 Å². The van der Waals surface area contributed by atoms with Crippen molar-refractivity contribution in [3.63, 3.8) is 0 Å². The molecule has 5 nitrogen and oxygen atoms in total. The molecule has 0 rings (SSSR count). The lowest BCUT2D eigenvalue weighted by Gasteiger charge is -2.17. The Labute approximate surface area is 95.0 Å². The number of carbonyl (C=O) groups excluding carboxylic acids is 1. The van der Waals surface area contributed by atoms with E-state index in [1.807, 2.05) is 19.9 Å². The van der Waals surface area contributed by atoms with Crippen LogP contribution in [0.5, 0.6) is 0 Å². The summed E-state index contributed by atoms with van der Waals surface area (Å²) in [6.45, 7) is 5.45. The van der Waals surface area contributed by atoms with Crippen LogP contribution in [-0.2, 0) is 14.3 Å². The Morgan fingerprint density at radius 1 is 1.44 bits per heavy atom. The van der Waals surface area contributed by atoms with E-state index in [2.05, 4.69) is 4.74 Å². The van der Waals surface area contributed by atoms with Crippen LogP contribution in [0.4, 0.5) is 0 Å². The summed E-state index contributed by atoms with van der Waals surface area (Å²) in [6.07, 6.45) is 0.367. The molecule has 0 heterocycles. The van der Waals surface area contributed by atoms with Crippen LogP contribution in [0.1, 0.15) is 27.2 Å². The fourth-order valence-corrected chi connectivity index (χ4v) is 1.44. The average Bonchev–Trinajstić information content (AvgIpc) is 2.15. The second-order valence-electron chi connectivity index (χ2n) is 3.93. The lowest BCUT2D eigenvalue weighted by Crippen LogP contribution is -2.33. The van der Waals surface area contributed by atoms with Crippen LogP contribution in [0.15, 0.2) is 0 Å². The number of carbonyl (C=O) groups is 2. The van der Waals surface area contributed by atoms with Crippen LogP contribution in [-0.4, -0.2) is 23.7 Å². The number of esters is 1. The Hall–Kier alpha value is -1.57. The van der Waals surface area contributed by atoms with Crippen molar-refractivity contribution in [3.05, 3.63) is 0 Å². The van der Waals surface area contributed by atoms with E-state index in [9.17, 15) is 9.59 Å². The van der Waals surface area contributed by atoms with E-state index in [1.54, 1.807) is 6.92 Å². The molecule has 0 saturated heterocycles. The first kappa shape index (κ1) is 14.4. The molecule has 0 amide bonds. The molecule has 0 aromatic heterocycles. The number of aliphatic carboxylic acids is 1. The zero-order chi connectivity index (χ0) is 12.7. The molecule has 0 fully saturated rings. The zero-order valence-electron chi connectivity index (χ0n) is 9.77. The van der Waals surface area contributed by atoms with E-state index in [0.29, 0.717) is 6.42 Å². The minimum atomic E-state index is -1.38. The lowest BCUT2D eigenvalue weighted by atomic mass is 9.86. The normalized spacial score (nSPS) is 13.9. The molecule has 0 saturated carbocycles. The van der Waals surface area contributed by atoms with Crippen molar-refractivity contribution in [2.24, 2.45) is 17.8 Å². The molecule has 0 aliphatic carbocycles. The largest absolute Gasteiger partial charge is 0.481 e. The summed E-state index contributed by atoms with van der Waals surface area (Å²) < 4.78 is 4.66. The van der Waals surface area contributed by atoms with Crippen molar-refractivity contribution in [1.82, 2.24) is 0 Å². The van der Waals surface area contributed by atoms with Gasteiger partial charge >= 0.3 is 11.9 Å². The molecule has 0 aliphatic rings. The molecule has 0 radical (unpaired) electrons. The van der Waals surface area contributed by atoms with Crippen molar-refractivity contribution in [2.75, 3.05) is 6.61 Å². The van der Waals surface area contributed by atoms with E-state index in [1.165, 1.54) is 0 Å². The highest BCUT2D eigenvalue weighted by atomic mass is 16.5. The monoisotopic (exact) mass is 227 g/mol. The third-order valence-corrected chi connectivity index (χ3v) is 2.10. The summed E-state index contributed by atoms with van der Waals surface area (Å²) in [7, 11) is 0. The van der Waals surface area contributed by atoms with E-state index >= 15 is 0 Å². The smallest absolute Gasteiger partial charge is 0.321 e. The van der Waals surface area contributed by atoms with E-state index in [-0.39, 0.29) is 12.5 Å². The zero-order valence-corrected chi connectivity index (χ0v) is 9.77. The van der Waals surface area contributed by atoms with Gasteiger partial charge in [-0.15, -0.1) is 0 Å². The third kappa shape index (κ3) is 4.30. The van der Waals surface area contributed by atoms with Crippen LogP contribution < -0.4 is 0 Å². The van der Waals surface area contributed by atoms with Gasteiger partial charge in [0, 0.05) is 0 Å². The summed E-state index contributed by atoms with van der Waals surface area (Å²) in [5, 5.41) is 17.8. The minimum absolute atomic E-state index is 0.114. The van der Waals surface area contributed by atoms with Crippen LogP contribution >= 0.6 is 0 Å². The van der Waals surface area contributed by atoms with E-state index in [4.69, 9.17) is 10.4 Å². The maximum absolute atomic E-state index is 11.4. The molecule has 0 aromatic rings. The molecule has 0 bridgehead atoms. The molecule has 0 spiro atoms. The van der Waals surface area contributed by atoms with Gasteiger partial charge in [-0.3, -0.25) is 9.59 Å². The first-order chi connectivity index (χ1) is 7.43. The molecule has 5 heteroatoms. The maximum atomic E-state index is 11.4. The van der Waals surface area contributed by atoms with Gasteiger partial charge in [-0.25, -0.2) is 0 Å². The highest BCUT2D eigenvalue weighted by Crippen LogP contribution is 2.21. The Balaban J connectivity index is 4.81. The van der Waals surface area contributed by atoms with Crippen LogP contribution in [0.3, 0.4) is 0 Å². The van der Waals surface area contributed by atoms with Crippen LogP contribution in [0, 0.1) is 29.1 Å². The number of hydrogen-bond acceptors (Lipinski definition) is 4. The Morgan fingerprint density at radius 3 is 2.31 bits per heavy atom. The quantitative estimate of drug-likeness (QED) is 0.548. The summed E-state index contributed by atoms with van der Waals surface area (Å²) in [5.41, 5.74) is 0. The van der Waals surface area contributed by atoms with Gasteiger partial charge in [0.2, 0.25) is 0 Å². The number of carboxylic acid groups (broad SMARTS) is 1. The summed E-state index contributed by atoms with van der Waals surface area (Å²) >= 11 is 0. The van der Waals surface area contributed by atoms with Crippen molar-refractivity contribution >= 4 is 11.9 Å². The van der Waals surface area contributed by atoms with E-state index in [0.717, 1.165) is 0 Å². The van der Waals surface area contributed by atoms with Crippen molar-refractivity contribution in [1.29, 1.82) is 5.26 Å². The summed E-state index contributed by atoms with van der Waals surface area (Å²) in [5.74, 6) is -4.20. The first-order valence-electron chi connectivity index (χ1n) is 5.23. The minimum Gasteiger partial charge on any atom is -0.481 e. The van der Waals surface area contributed by atoms with Gasteiger partial charge in [-0.05, 0) is 19.3 Å². The number of rotatable bonds is 6. The summed E-state index contributed by atoms with van der Waals surface area (Å²) in [6, 6.07) is 1.87. The highest BCUT2D eigenvalue weighted by Gasteiger charge is 2.36. The number of nitrogens with zero attached hydrogens (tertiary/aromatic N) is 1. The summed E-state index contributed by atoms with van der Waals surface area (Å²) in [4.78, 5) is 22.4. The lowest BCUT2D eigenvalue weighted by molar-refractivity contribution is -0.160. The third-order valence-electron chi connectivity index (χ3n) is 2.10. The maximum Gasteiger partial charge on any atom is 0.321 e. The fraction of sp³-hybridized carbons (Fsp3) is 0.727. The van der Waals surface area contributed by atoms with Crippen molar-refractivity contribution in [3.8, 4) is 6.07 Å². The predicted octanol–water partition coefficient (Wildman–Crippen LogP) is 1.44. The number of hydrogen-bond donors (Lipinski definition) is 1. The van der Waals surface area contributed by atoms with Gasteiger partial charge in [0.1, 0.15) is 0 Å². The van der Waals surface area contributed by atoms with Crippen LogP contribution in [0.25, 0.3) is 0 Å². The average molecular weight is 227 g/mol. The van der Waals surface area contributed by atoms with Crippen LogP contribution in [0.2, 0.25) is 0 Å². The fourth-order valence-electron chi connectivity index (χ4n) is 1.44. The van der Waals surface area contributed by atoms with Crippen molar-refractivity contribution in [2.45, 2.75) is 27.2 Å². The van der Waals surface area contributed by atoms with Crippen molar-refractivity contribution < 1.29 is 19.4 Å². The van der Waals surface area contributed by atoms with Gasteiger partial charge in [-0.2, -0.15) is 5.26 Å². The molecule has 90 valence electrons.